The van der Waals surface area contributed by atoms with Gasteiger partial charge in [-0.3, -0.25) is 4.72 Å². The van der Waals surface area contributed by atoms with Crippen LogP contribution in [0.2, 0.25) is 5.02 Å². The summed E-state index contributed by atoms with van der Waals surface area (Å²) in [5, 5.41) is 3.44. The molecular weight excluding hydrogens is 375 g/mol. The molecule has 0 aliphatic heterocycles. The molecule has 0 spiro atoms. The maximum Gasteiger partial charge on any atom is 0.261 e. The standard InChI is InChI=1S/C19H16ClFN2O2S/c20-15-5-3-6-18(12-15)26(24,25)23-17-10-8-16(9-11-17)22-13-14-4-1-2-7-19(14)21/h1-12,22-23H,13H2. The lowest BCUT2D eigenvalue weighted by atomic mass is 10.2. The minimum absolute atomic E-state index is 0.0896. The van der Waals surface area contributed by atoms with E-state index in [2.05, 4.69) is 10.0 Å². The van der Waals surface area contributed by atoms with Crippen LogP contribution in [0.25, 0.3) is 0 Å². The van der Waals surface area contributed by atoms with E-state index in [0.29, 0.717) is 22.8 Å². The first-order valence-corrected chi connectivity index (χ1v) is 9.66. The predicted molar refractivity (Wildman–Crippen MR) is 102 cm³/mol. The molecule has 0 bridgehead atoms. The van der Waals surface area contributed by atoms with Crippen molar-refractivity contribution in [2.24, 2.45) is 0 Å². The summed E-state index contributed by atoms with van der Waals surface area (Å²) in [4.78, 5) is 0.0896. The molecule has 0 fully saturated rings. The van der Waals surface area contributed by atoms with E-state index in [0.717, 1.165) is 5.69 Å². The molecule has 0 aromatic heterocycles. The van der Waals surface area contributed by atoms with E-state index in [-0.39, 0.29) is 10.7 Å². The van der Waals surface area contributed by atoms with Crippen molar-refractivity contribution in [3.8, 4) is 0 Å². The highest BCUT2D eigenvalue weighted by molar-refractivity contribution is 7.92. The van der Waals surface area contributed by atoms with Crippen molar-refractivity contribution < 1.29 is 12.8 Å². The molecule has 7 heteroatoms. The average Bonchev–Trinajstić information content (AvgIpc) is 2.62. The first-order valence-electron chi connectivity index (χ1n) is 7.80. The van der Waals surface area contributed by atoms with Crippen LogP contribution in [-0.2, 0) is 16.6 Å². The highest BCUT2D eigenvalue weighted by Gasteiger charge is 2.14. The van der Waals surface area contributed by atoms with E-state index in [1.165, 1.54) is 18.2 Å². The van der Waals surface area contributed by atoms with Gasteiger partial charge in [-0.25, -0.2) is 12.8 Å². The average molecular weight is 391 g/mol. The first kappa shape index (κ1) is 18.2. The Hall–Kier alpha value is -2.57. The van der Waals surface area contributed by atoms with Crippen molar-refractivity contribution in [2.75, 3.05) is 10.0 Å². The first-order chi connectivity index (χ1) is 12.4. The summed E-state index contributed by atoms with van der Waals surface area (Å²) < 4.78 is 40.8. The highest BCUT2D eigenvalue weighted by atomic mass is 35.5. The van der Waals surface area contributed by atoms with E-state index >= 15 is 0 Å². The molecule has 0 atom stereocenters. The number of hydrogen-bond acceptors (Lipinski definition) is 3. The van der Waals surface area contributed by atoms with Crippen molar-refractivity contribution in [2.45, 2.75) is 11.4 Å². The second-order valence-electron chi connectivity index (χ2n) is 5.59. The van der Waals surface area contributed by atoms with Crippen LogP contribution in [0.4, 0.5) is 15.8 Å². The summed E-state index contributed by atoms with van der Waals surface area (Å²) in [6.45, 7) is 0.334. The molecule has 0 aliphatic carbocycles. The molecule has 0 saturated carbocycles. The molecule has 4 nitrogen and oxygen atoms in total. The van der Waals surface area contributed by atoms with Gasteiger partial charge in [0, 0.05) is 28.5 Å². The topological polar surface area (TPSA) is 58.2 Å². The zero-order valence-electron chi connectivity index (χ0n) is 13.6. The summed E-state index contributed by atoms with van der Waals surface area (Å²) in [6.07, 6.45) is 0. The number of anilines is 2. The van der Waals surface area contributed by atoms with Crippen molar-refractivity contribution in [1.82, 2.24) is 0 Å². The molecule has 134 valence electrons. The minimum atomic E-state index is -3.71. The van der Waals surface area contributed by atoms with E-state index in [1.807, 2.05) is 0 Å². The number of halogens is 2. The molecule has 2 N–H and O–H groups in total. The summed E-state index contributed by atoms with van der Waals surface area (Å²) >= 11 is 5.84. The molecule has 0 heterocycles. The van der Waals surface area contributed by atoms with E-state index in [9.17, 15) is 12.8 Å². The SMILES string of the molecule is O=S(=O)(Nc1ccc(NCc2ccccc2F)cc1)c1cccc(Cl)c1. The molecule has 0 unspecified atom stereocenters. The van der Waals surface area contributed by atoms with E-state index < -0.39 is 10.0 Å². The van der Waals surface area contributed by atoms with Gasteiger partial charge in [0.15, 0.2) is 0 Å². The number of sulfonamides is 1. The number of nitrogens with one attached hydrogen (secondary N) is 2. The van der Waals surface area contributed by atoms with Crippen molar-refractivity contribution in [1.29, 1.82) is 0 Å². The Bertz CT molecular complexity index is 1010. The molecular formula is C19H16ClFN2O2S. The minimum Gasteiger partial charge on any atom is -0.381 e. The lowest BCUT2D eigenvalue weighted by Gasteiger charge is -2.11. The molecule has 0 amide bonds. The van der Waals surface area contributed by atoms with Crippen LogP contribution in [0.1, 0.15) is 5.56 Å². The molecule has 26 heavy (non-hydrogen) atoms. The van der Waals surface area contributed by atoms with Crippen molar-refractivity contribution in [3.05, 3.63) is 89.2 Å². The Morgan fingerprint density at radius 2 is 1.58 bits per heavy atom. The molecule has 3 aromatic rings. The van der Waals surface area contributed by atoms with Gasteiger partial charge in [-0.1, -0.05) is 35.9 Å². The van der Waals surface area contributed by atoms with E-state index in [1.54, 1.807) is 54.6 Å². The molecule has 3 rings (SSSR count). The van der Waals surface area contributed by atoms with Crippen LogP contribution < -0.4 is 10.0 Å². The Morgan fingerprint density at radius 1 is 0.885 bits per heavy atom. The maximum absolute atomic E-state index is 13.6. The van der Waals surface area contributed by atoms with Gasteiger partial charge in [0.2, 0.25) is 0 Å². The zero-order valence-corrected chi connectivity index (χ0v) is 15.2. The summed E-state index contributed by atoms with van der Waals surface area (Å²) in [5.41, 5.74) is 1.72. The van der Waals surface area contributed by atoms with Gasteiger partial charge in [-0.05, 0) is 48.5 Å². The van der Waals surface area contributed by atoms with Gasteiger partial charge in [0.25, 0.3) is 10.0 Å². The van der Waals surface area contributed by atoms with Gasteiger partial charge in [0.05, 0.1) is 4.90 Å². The second-order valence-corrected chi connectivity index (χ2v) is 7.70. The third-order valence-electron chi connectivity index (χ3n) is 3.68. The van der Waals surface area contributed by atoms with Gasteiger partial charge < -0.3 is 5.32 Å². The normalized spacial score (nSPS) is 11.2. The van der Waals surface area contributed by atoms with Crippen molar-refractivity contribution >= 4 is 33.0 Å². The quantitative estimate of drug-likeness (QED) is 0.629. The molecule has 3 aromatic carbocycles. The largest absolute Gasteiger partial charge is 0.381 e. The molecule has 0 radical (unpaired) electrons. The monoisotopic (exact) mass is 390 g/mol. The molecule has 0 saturated heterocycles. The van der Waals surface area contributed by atoms with Crippen LogP contribution in [0, 0.1) is 5.82 Å². The van der Waals surface area contributed by atoms with Gasteiger partial charge in [0.1, 0.15) is 5.82 Å². The van der Waals surface area contributed by atoms with Crippen LogP contribution in [0.15, 0.2) is 77.7 Å². The van der Waals surface area contributed by atoms with Gasteiger partial charge in [-0.2, -0.15) is 0 Å². The third-order valence-corrected chi connectivity index (χ3v) is 5.30. The third kappa shape index (κ3) is 4.53. The van der Waals surface area contributed by atoms with Crippen LogP contribution in [-0.4, -0.2) is 8.42 Å². The summed E-state index contributed by atoms with van der Waals surface area (Å²) in [6, 6.07) is 19.3. The summed E-state index contributed by atoms with van der Waals surface area (Å²) in [5.74, 6) is -0.272. The predicted octanol–water partition coefficient (Wildman–Crippen LogP) is 4.89. The number of rotatable bonds is 6. The Morgan fingerprint density at radius 3 is 2.27 bits per heavy atom. The van der Waals surface area contributed by atoms with Gasteiger partial charge >= 0.3 is 0 Å². The Balaban J connectivity index is 1.67. The maximum atomic E-state index is 13.6. The number of benzene rings is 3. The van der Waals surface area contributed by atoms with Crippen LogP contribution in [0.5, 0.6) is 0 Å². The molecule has 0 aliphatic rings. The summed E-state index contributed by atoms with van der Waals surface area (Å²) in [7, 11) is -3.71. The fourth-order valence-electron chi connectivity index (χ4n) is 2.34. The number of hydrogen-bond donors (Lipinski definition) is 2. The fourth-order valence-corrected chi connectivity index (χ4v) is 3.70. The highest BCUT2D eigenvalue weighted by Crippen LogP contribution is 2.21. The fraction of sp³-hybridized carbons (Fsp3) is 0.0526. The Labute approximate surface area is 156 Å². The Kier molecular flexibility index (Phi) is 5.44. The second kappa shape index (κ2) is 7.76. The smallest absolute Gasteiger partial charge is 0.261 e. The van der Waals surface area contributed by atoms with Crippen LogP contribution in [0.3, 0.4) is 0 Å². The van der Waals surface area contributed by atoms with Crippen molar-refractivity contribution in [3.63, 3.8) is 0 Å². The van der Waals surface area contributed by atoms with Crippen LogP contribution >= 0.6 is 11.6 Å². The van der Waals surface area contributed by atoms with Gasteiger partial charge in [-0.15, -0.1) is 0 Å². The lowest BCUT2D eigenvalue weighted by Crippen LogP contribution is -2.12. The lowest BCUT2D eigenvalue weighted by molar-refractivity contribution is 0.601. The zero-order chi connectivity index (χ0) is 18.6. The van der Waals surface area contributed by atoms with E-state index in [4.69, 9.17) is 11.6 Å².